The summed E-state index contributed by atoms with van der Waals surface area (Å²) in [7, 11) is 0. The normalized spacial score (nSPS) is 36.9. The lowest BCUT2D eigenvalue weighted by molar-refractivity contribution is -0.00954. The molecule has 0 N–H and O–H groups in total. The molecular formula is C43H78. The molecule has 3 fully saturated rings. The molecular weight excluding hydrogens is 516 g/mol. The summed E-state index contributed by atoms with van der Waals surface area (Å²) in [6.45, 7) is 25.2. The number of allylic oxidation sites excluding steroid dienone is 2. The van der Waals surface area contributed by atoms with Crippen molar-refractivity contribution in [1.82, 2.24) is 0 Å². The predicted molar refractivity (Wildman–Crippen MR) is 191 cm³/mol. The van der Waals surface area contributed by atoms with Gasteiger partial charge in [-0.1, -0.05) is 113 Å². The van der Waals surface area contributed by atoms with E-state index in [2.05, 4.69) is 75.3 Å². The number of rotatable bonds is 12. The zero-order valence-electron chi connectivity index (χ0n) is 31.1. The second-order valence-electron chi connectivity index (χ2n) is 18.7. The van der Waals surface area contributed by atoms with E-state index in [4.69, 9.17) is 0 Å². The van der Waals surface area contributed by atoms with E-state index in [1.807, 2.05) is 0 Å². The molecule has 0 radical (unpaired) electrons. The van der Waals surface area contributed by atoms with Crippen molar-refractivity contribution in [2.24, 2.45) is 82.3 Å². The van der Waals surface area contributed by atoms with E-state index in [0.29, 0.717) is 5.41 Å². The van der Waals surface area contributed by atoms with Crippen LogP contribution in [0, 0.1) is 82.3 Å². The van der Waals surface area contributed by atoms with Crippen molar-refractivity contribution in [1.29, 1.82) is 0 Å². The summed E-state index contributed by atoms with van der Waals surface area (Å²) >= 11 is 0. The molecule has 0 heterocycles. The molecule has 0 bridgehead atoms. The summed E-state index contributed by atoms with van der Waals surface area (Å²) in [6, 6.07) is 0. The first-order valence-corrected chi connectivity index (χ1v) is 20.1. The predicted octanol–water partition coefficient (Wildman–Crippen LogP) is 13.8. The van der Waals surface area contributed by atoms with Crippen LogP contribution in [0.4, 0.5) is 0 Å². The SMILES string of the molecule is CCC1CC(CC(C)CC(C)C2CC=C(C(C)(C)C)CC2)CCC1CC(C)C(CC)C1CCCC2C(C(C)C)CCCC21. The van der Waals surface area contributed by atoms with Gasteiger partial charge in [-0.05, 0) is 159 Å². The van der Waals surface area contributed by atoms with Crippen molar-refractivity contribution in [2.75, 3.05) is 0 Å². The first-order valence-electron chi connectivity index (χ1n) is 20.1. The molecule has 0 spiro atoms. The van der Waals surface area contributed by atoms with Crippen LogP contribution in [0.2, 0.25) is 0 Å². The molecule has 0 aromatic carbocycles. The topological polar surface area (TPSA) is 0 Å². The molecule has 3 saturated carbocycles. The standard InChI is InChI=1S/C43H78/c1-11-34-28-33(26-30(5)25-31(6)35-21-23-37(24-22-35)43(8,9)10)19-20-36(34)27-32(7)38(12-2)40-16-14-17-41-39(29(3)4)15-13-18-42(40)41/h23,29-36,38-42H,11-22,24-28H2,1-10H3. The first-order chi connectivity index (χ1) is 20.4. The van der Waals surface area contributed by atoms with Gasteiger partial charge in [0.2, 0.25) is 0 Å². The molecule has 0 amide bonds. The smallest absolute Gasteiger partial charge is 0.0173 e. The molecule has 0 aliphatic heterocycles. The fourth-order valence-corrected chi connectivity index (χ4v) is 12.2. The van der Waals surface area contributed by atoms with Gasteiger partial charge < -0.3 is 0 Å². The molecule has 4 rings (SSSR count). The molecule has 12 atom stereocenters. The molecule has 0 nitrogen and oxygen atoms in total. The largest absolute Gasteiger partial charge is 0.0845 e. The number of fused-ring (bicyclic) bond motifs is 1. The van der Waals surface area contributed by atoms with Gasteiger partial charge in [0.05, 0.1) is 0 Å². The van der Waals surface area contributed by atoms with E-state index >= 15 is 0 Å². The maximum Gasteiger partial charge on any atom is -0.0173 e. The molecule has 250 valence electrons. The van der Waals surface area contributed by atoms with E-state index in [0.717, 1.165) is 76.9 Å². The lowest BCUT2D eigenvalue weighted by Gasteiger charge is -2.51. The molecule has 12 unspecified atom stereocenters. The van der Waals surface area contributed by atoms with Crippen LogP contribution in [-0.2, 0) is 0 Å². The van der Waals surface area contributed by atoms with E-state index in [1.165, 1.54) is 89.9 Å². The lowest BCUT2D eigenvalue weighted by atomic mass is 9.55. The Morgan fingerprint density at radius 1 is 0.767 bits per heavy atom. The van der Waals surface area contributed by atoms with Gasteiger partial charge in [0.15, 0.2) is 0 Å². The Balaban J connectivity index is 1.26. The van der Waals surface area contributed by atoms with Crippen molar-refractivity contribution >= 4 is 0 Å². The van der Waals surface area contributed by atoms with Crippen molar-refractivity contribution in [3.63, 3.8) is 0 Å². The minimum absolute atomic E-state index is 0.372. The third-order valence-electron chi connectivity index (χ3n) is 14.6. The van der Waals surface area contributed by atoms with Crippen LogP contribution < -0.4 is 0 Å². The Hall–Kier alpha value is -0.260. The van der Waals surface area contributed by atoms with Crippen LogP contribution in [0.1, 0.15) is 178 Å². The zero-order chi connectivity index (χ0) is 31.3. The van der Waals surface area contributed by atoms with Gasteiger partial charge in [0.1, 0.15) is 0 Å². The van der Waals surface area contributed by atoms with Gasteiger partial charge >= 0.3 is 0 Å². The second kappa shape index (κ2) is 16.0. The Morgan fingerprint density at radius 3 is 2.02 bits per heavy atom. The van der Waals surface area contributed by atoms with Gasteiger partial charge in [-0.15, -0.1) is 0 Å². The average Bonchev–Trinajstić information content (AvgIpc) is 2.97. The summed E-state index contributed by atoms with van der Waals surface area (Å²) in [5, 5.41) is 0. The zero-order valence-corrected chi connectivity index (χ0v) is 31.1. The molecule has 0 aromatic rings. The van der Waals surface area contributed by atoms with E-state index in [9.17, 15) is 0 Å². The van der Waals surface area contributed by atoms with E-state index in [1.54, 1.807) is 24.8 Å². The Bertz CT molecular complexity index is 841. The highest BCUT2D eigenvalue weighted by molar-refractivity contribution is 5.14. The molecule has 0 heteroatoms. The maximum absolute atomic E-state index is 2.70. The molecule has 0 saturated heterocycles. The van der Waals surface area contributed by atoms with E-state index < -0.39 is 0 Å². The Morgan fingerprint density at radius 2 is 1.44 bits per heavy atom. The number of hydrogen-bond acceptors (Lipinski definition) is 0. The van der Waals surface area contributed by atoms with Crippen molar-refractivity contribution in [3.05, 3.63) is 11.6 Å². The van der Waals surface area contributed by atoms with Crippen LogP contribution in [0.15, 0.2) is 11.6 Å². The summed E-state index contributed by atoms with van der Waals surface area (Å²) in [4.78, 5) is 0. The lowest BCUT2D eigenvalue weighted by Crippen LogP contribution is -2.42. The van der Waals surface area contributed by atoms with Crippen LogP contribution >= 0.6 is 0 Å². The van der Waals surface area contributed by atoms with E-state index in [-0.39, 0.29) is 0 Å². The van der Waals surface area contributed by atoms with Crippen LogP contribution in [-0.4, -0.2) is 0 Å². The fourth-order valence-electron chi connectivity index (χ4n) is 12.2. The van der Waals surface area contributed by atoms with Gasteiger partial charge in [0.25, 0.3) is 0 Å². The van der Waals surface area contributed by atoms with Gasteiger partial charge in [0, 0.05) is 0 Å². The van der Waals surface area contributed by atoms with Crippen LogP contribution in [0.5, 0.6) is 0 Å². The van der Waals surface area contributed by atoms with Crippen LogP contribution in [0.25, 0.3) is 0 Å². The molecule has 4 aliphatic rings. The monoisotopic (exact) mass is 595 g/mol. The summed E-state index contributed by atoms with van der Waals surface area (Å²) < 4.78 is 0. The second-order valence-corrected chi connectivity index (χ2v) is 18.7. The van der Waals surface area contributed by atoms with Gasteiger partial charge in [-0.25, -0.2) is 0 Å². The molecule has 43 heavy (non-hydrogen) atoms. The summed E-state index contributed by atoms with van der Waals surface area (Å²) in [6.07, 6.45) is 27.8. The maximum atomic E-state index is 2.70. The summed E-state index contributed by atoms with van der Waals surface area (Å²) in [5.41, 5.74) is 2.08. The van der Waals surface area contributed by atoms with Gasteiger partial charge in [-0.2, -0.15) is 0 Å². The Labute approximate surface area is 271 Å². The minimum atomic E-state index is 0.372. The third kappa shape index (κ3) is 9.18. The highest BCUT2D eigenvalue weighted by atomic mass is 14.5. The average molecular weight is 595 g/mol. The van der Waals surface area contributed by atoms with Crippen molar-refractivity contribution < 1.29 is 0 Å². The first kappa shape index (κ1) is 35.6. The number of hydrogen-bond donors (Lipinski definition) is 0. The molecule has 4 aliphatic carbocycles. The molecule has 0 aromatic heterocycles. The minimum Gasteiger partial charge on any atom is -0.0845 e. The summed E-state index contributed by atoms with van der Waals surface area (Å²) in [5.74, 6) is 12.6. The highest BCUT2D eigenvalue weighted by Crippen LogP contribution is 2.53. The van der Waals surface area contributed by atoms with Gasteiger partial charge in [-0.3, -0.25) is 0 Å². The third-order valence-corrected chi connectivity index (χ3v) is 14.6. The van der Waals surface area contributed by atoms with Crippen molar-refractivity contribution in [2.45, 2.75) is 178 Å². The van der Waals surface area contributed by atoms with Crippen LogP contribution in [0.3, 0.4) is 0 Å². The Kier molecular flexibility index (Phi) is 13.3. The quantitative estimate of drug-likeness (QED) is 0.197. The fraction of sp³-hybridized carbons (Fsp3) is 0.953. The van der Waals surface area contributed by atoms with Crippen molar-refractivity contribution in [3.8, 4) is 0 Å². The highest BCUT2D eigenvalue weighted by Gasteiger charge is 2.44.